The molecule has 0 spiro atoms. The van der Waals surface area contributed by atoms with E-state index in [2.05, 4.69) is 17.0 Å². The number of hydrogen-bond acceptors (Lipinski definition) is 4. The average Bonchev–Trinajstić information content (AvgIpc) is 2.37. The van der Waals surface area contributed by atoms with Crippen LogP contribution in [0.1, 0.15) is 24.9 Å². The maximum atomic E-state index is 11.0. The van der Waals surface area contributed by atoms with Crippen LogP contribution in [0.15, 0.2) is 23.1 Å². The Balaban J connectivity index is 2.59. The quantitative estimate of drug-likeness (QED) is 0.644. The summed E-state index contributed by atoms with van der Waals surface area (Å²) in [5.74, 6) is 0.512. The minimum absolute atomic E-state index is 0.186. The normalized spacial score (nSPS) is 12.2. The van der Waals surface area contributed by atoms with E-state index in [4.69, 9.17) is 11.6 Å². The molecule has 3 nitrogen and oxygen atoms in total. The summed E-state index contributed by atoms with van der Waals surface area (Å²) < 4.78 is 4.59. The van der Waals surface area contributed by atoms with Crippen LogP contribution in [0.2, 0.25) is 5.02 Å². The maximum absolute atomic E-state index is 11.0. The molecule has 0 aliphatic carbocycles. The molecule has 100 valence electrons. The Morgan fingerprint density at radius 1 is 1.56 bits per heavy atom. The van der Waals surface area contributed by atoms with Gasteiger partial charge in [-0.2, -0.15) is 0 Å². The van der Waals surface area contributed by atoms with Crippen molar-refractivity contribution in [3.05, 3.63) is 28.8 Å². The molecule has 0 bridgehead atoms. The molecule has 5 heteroatoms. The number of rotatable bonds is 6. The van der Waals surface area contributed by atoms with Crippen molar-refractivity contribution in [3.63, 3.8) is 0 Å². The number of thioether (sulfide) groups is 1. The molecule has 0 aliphatic heterocycles. The van der Waals surface area contributed by atoms with Crippen molar-refractivity contribution in [1.29, 1.82) is 0 Å². The molecule has 0 saturated heterocycles. The molecule has 1 unspecified atom stereocenters. The maximum Gasteiger partial charge on any atom is 0.306 e. The molecule has 0 heterocycles. The van der Waals surface area contributed by atoms with E-state index in [9.17, 15) is 4.79 Å². The molecule has 1 atom stereocenters. The van der Waals surface area contributed by atoms with Gasteiger partial charge in [-0.05, 0) is 31.7 Å². The minimum Gasteiger partial charge on any atom is -0.469 e. The van der Waals surface area contributed by atoms with E-state index >= 15 is 0 Å². The minimum atomic E-state index is -0.186. The monoisotopic (exact) mass is 287 g/mol. The van der Waals surface area contributed by atoms with Gasteiger partial charge in [0.2, 0.25) is 0 Å². The van der Waals surface area contributed by atoms with E-state index in [1.54, 1.807) is 11.8 Å². The zero-order valence-corrected chi connectivity index (χ0v) is 12.4. The van der Waals surface area contributed by atoms with Crippen molar-refractivity contribution in [2.45, 2.75) is 24.3 Å². The Bertz CT molecular complexity index is 412. The van der Waals surface area contributed by atoms with Crippen LogP contribution in [0, 0.1) is 0 Å². The summed E-state index contributed by atoms with van der Waals surface area (Å²) in [5, 5.41) is 3.90. The van der Waals surface area contributed by atoms with Crippen LogP contribution >= 0.6 is 23.4 Å². The topological polar surface area (TPSA) is 38.3 Å². The third-order valence-corrected chi connectivity index (χ3v) is 4.00. The highest BCUT2D eigenvalue weighted by atomic mass is 35.5. The molecule has 0 aromatic heterocycles. The van der Waals surface area contributed by atoms with Crippen LogP contribution in [0.5, 0.6) is 0 Å². The zero-order chi connectivity index (χ0) is 13.5. The van der Waals surface area contributed by atoms with Gasteiger partial charge in [-0.3, -0.25) is 4.79 Å². The predicted octanol–water partition coefficient (Wildman–Crippen LogP) is 3.28. The van der Waals surface area contributed by atoms with Crippen LogP contribution in [-0.2, 0) is 9.53 Å². The Morgan fingerprint density at radius 3 is 2.83 bits per heavy atom. The van der Waals surface area contributed by atoms with Crippen LogP contribution < -0.4 is 5.32 Å². The van der Waals surface area contributed by atoms with Gasteiger partial charge in [0.25, 0.3) is 0 Å². The van der Waals surface area contributed by atoms with Gasteiger partial charge in [0.15, 0.2) is 0 Å². The molecule has 0 aliphatic rings. The first kappa shape index (κ1) is 15.3. The van der Waals surface area contributed by atoms with Crippen molar-refractivity contribution >= 4 is 29.3 Å². The number of carbonyl (C=O) groups excluding carboxylic acids is 1. The lowest BCUT2D eigenvalue weighted by atomic mass is 10.1. The van der Waals surface area contributed by atoms with Crippen LogP contribution in [0.3, 0.4) is 0 Å². The van der Waals surface area contributed by atoms with Crippen LogP contribution in [-0.4, -0.2) is 25.9 Å². The van der Waals surface area contributed by atoms with E-state index in [1.807, 2.05) is 25.2 Å². The van der Waals surface area contributed by atoms with Gasteiger partial charge >= 0.3 is 5.97 Å². The molecule has 1 aromatic carbocycles. The SMILES string of the molecule is CNC(C)c1ccc(SCCC(=O)OC)cc1Cl. The molecule has 0 fully saturated rings. The van der Waals surface area contributed by atoms with E-state index in [0.29, 0.717) is 12.2 Å². The smallest absolute Gasteiger partial charge is 0.306 e. The molecule has 0 radical (unpaired) electrons. The zero-order valence-electron chi connectivity index (χ0n) is 10.8. The molecule has 1 rings (SSSR count). The van der Waals surface area contributed by atoms with Gasteiger partial charge in [-0.1, -0.05) is 17.7 Å². The molecule has 1 aromatic rings. The summed E-state index contributed by atoms with van der Waals surface area (Å²) in [6, 6.07) is 6.21. The highest BCUT2D eigenvalue weighted by Gasteiger charge is 2.08. The average molecular weight is 288 g/mol. The fraction of sp³-hybridized carbons (Fsp3) is 0.462. The van der Waals surface area contributed by atoms with Gasteiger partial charge in [0, 0.05) is 21.7 Å². The standard InChI is InChI=1S/C13H18ClNO2S/c1-9(15-2)11-5-4-10(8-12(11)14)18-7-6-13(16)17-3/h4-5,8-9,15H,6-7H2,1-3H3. The van der Waals surface area contributed by atoms with Gasteiger partial charge in [0.1, 0.15) is 0 Å². The van der Waals surface area contributed by atoms with Crippen molar-refractivity contribution in [2.24, 2.45) is 0 Å². The number of methoxy groups -OCH3 is 1. The second kappa shape index (κ2) is 7.67. The molecule has 1 N–H and O–H groups in total. The molecular weight excluding hydrogens is 270 g/mol. The number of ether oxygens (including phenoxy) is 1. The first-order valence-electron chi connectivity index (χ1n) is 5.74. The second-order valence-electron chi connectivity index (χ2n) is 3.87. The van der Waals surface area contributed by atoms with Gasteiger partial charge in [-0.25, -0.2) is 0 Å². The Morgan fingerprint density at radius 2 is 2.28 bits per heavy atom. The highest BCUT2D eigenvalue weighted by Crippen LogP contribution is 2.28. The van der Waals surface area contributed by atoms with Crippen molar-refractivity contribution in [3.8, 4) is 0 Å². The first-order chi connectivity index (χ1) is 8.58. The lowest BCUT2D eigenvalue weighted by molar-refractivity contribution is -0.140. The number of benzene rings is 1. The number of carbonyl (C=O) groups is 1. The molecule has 0 saturated carbocycles. The Kier molecular flexibility index (Phi) is 6.54. The summed E-state index contributed by atoms with van der Waals surface area (Å²) in [6.07, 6.45) is 0.410. The van der Waals surface area contributed by atoms with Crippen molar-refractivity contribution < 1.29 is 9.53 Å². The third kappa shape index (κ3) is 4.52. The lowest BCUT2D eigenvalue weighted by Crippen LogP contribution is -2.12. The van der Waals surface area contributed by atoms with Gasteiger partial charge in [-0.15, -0.1) is 11.8 Å². The number of esters is 1. The van der Waals surface area contributed by atoms with Crippen molar-refractivity contribution in [1.82, 2.24) is 5.32 Å². The molecular formula is C13H18ClNO2S. The van der Waals surface area contributed by atoms with Gasteiger partial charge < -0.3 is 10.1 Å². The van der Waals surface area contributed by atoms with E-state index in [0.717, 1.165) is 15.5 Å². The van der Waals surface area contributed by atoms with E-state index in [-0.39, 0.29) is 12.0 Å². The predicted molar refractivity (Wildman–Crippen MR) is 76.3 cm³/mol. The number of halogens is 1. The van der Waals surface area contributed by atoms with Crippen LogP contribution in [0.4, 0.5) is 0 Å². The lowest BCUT2D eigenvalue weighted by Gasteiger charge is -2.13. The van der Waals surface area contributed by atoms with Gasteiger partial charge in [0.05, 0.1) is 13.5 Å². The second-order valence-corrected chi connectivity index (χ2v) is 5.44. The first-order valence-corrected chi connectivity index (χ1v) is 7.11. The summed E-state index contributed by atoms with van der Waals surface area (Å²) >= 11 is 7.83. The summed E-state index contributed by atoms with van der Waals surface area (Å²) in [6.45, 7) is 2.06. The Labute approximate surface area is 117 Å². The van der Waals surface area contributed by atoms with Crippen molar-refractivity contribution in [2.75, 3.05) is 19.9 Å². The number of hydrogen-bond donors (Lipinski definition) is 1. The van der Waals surface area contributed by atoms with E-state index in [1.165, 1.54) is 7.11 Å². The fourth-order valence-corrected chi connectivity index (χ4v) is 2.74. The summed E-state index contributed by atoms with van der Waals surface area (Å²) in [7, 11) is 3.30. The van der Waals surface area contributed by atoms with E-state index < -0.39 is 0 Å². The molecule has 0 amide bonds. The third-order valence-electron chi connectivity index (χ3n) is 2.67. The number of nitrogens with one attached hydrogen (secondary N) is 1. The Hall–Kier alpha value is -0.710. The largest absolute Gasteiger partial charge is 0.469 e. The summed E-state index contributed by atoms with van der Waals surface area (Å²) in [4.78, 5) is 12.0. The van der Waals surface area contributed by atoms with Crippen LogP contribution in [0.25, 0.3) is 0 Å². The fourth-order valence-electron chi connectivity index (χ4n) is 1.46. The summed E-state index contributed by atoms with van der Waals surface area (Å²) in [5.41, 5.74) is 1.08. The highest BCUT2D eigenvalue weighted by molar-refractivity contribution is 7.99. The molecule has 18 heavy (non-hydrogen) atoms.